The van der Waals surface area contributed by atoms with Gasteiger partial charge in [-0.3, -0.25) is 0 Å². The van der Waals surface area contributed by atoms with Gasteiger partial charge < -0.3 is 15.4 Å². The van der Waals surface area contributed by atoms with Gasteiger partial charge in [-0.1, -0.05) is 36.4 Å². The Balaban J connectivity index is 1.58. The van der Waals surface area contributed by atoms with E-state index in [1.165, 1.54) is 11.3 Å². The third-order valence-corrected chi connectivity index (χ3v) is 6.32. The highest BCUT2D eigenvalue weighted by Gasteiger charge is 2.57. The van der Waals surface area contributed by atoms with E-state index in [9.17, 15) is 0 Å². The molecule has 2 N–H and O–H groups in total. The summed E-state index contributed by atoms with van der Waals surface area (Å²) in [6.45, 7) is 4.51. The van der Waals surface area contributed by atoms with E-state index in [0.29, 0.717) is 0 Å². The number of ether oxygens (including phenoxy) is 1. The summed E-state index contributed by atoms with van der Waals surface area (Å²) in [5, 5.41) is 0. The lowest BCUT2D eigenvalue weighted by Gasteiger charge is -2.45. The van der Waals surface area contributed by atoms with Gasteiger partial charge in [-0.25, -0.2) is 0 Å². The Hall–Kier alpha value is -3.20. The highest BCUT2D eigenvalue weighted by Crippen LogP contribution is 2.54. The smallest absolute Gasteiger partial charge is 0.211 e. The minimum absolute atomic E-state index is 0.181. The Morgan fingerprint density at radius 1 is 0.893 bits per heavy atom. The molecule has 3 heteroatoms. The van der Waals surface area contributed by atoms with E-state index in [-0.39, 0.29) is 5.41 Å². The number of nitrogens with two attached hydrogens (primary N) is 1. The van der Waals surface area contributed by atoms with Crippen molar-refractivity contribution in [2.75, 3.05) is 17.7 Å². The van der Waals surface area contributed by atoms with Crippen molar-refractivity contribution in [3.8, 4) is 16.9 Å². The maximum Gasteiger partial charge on any atom is 0.211 e. The number of hydrogen-bond acceptors (Lipinski definition) is 3. The molecule has 1 atom stereocenters. The van der Waals surface area contributed by atoms with Gasteiger partial charge in [0.15, 0.2) is 0 Å². The summed E-state index contributed by atoms with van der Waals surface area (Å²) in [4.78, 5) is 2.26. The summed E-state index contributed by atoms with van der Waals surface area (Å²) in [5.74, 6) is 0.905. The SMILES string of the molecule is CN1c2ccccc2C(C)(C)C12C=Cc1cc(-c3cccc(N)c3)ccc1O2. The first-order valence-electron chi connectivity index (χ1n) is 9.64. The number of nitrogens with zero attached hydrogens (tertiary/aromatic N) is 1. The number of nitrogen functional groups attached to an aromatic ring is 1. The van der Waals surface area contributed by atoms with E-state index in [0.717, 1.165) is 28.1 Å². The topological polar surface area (TPSA) is 38.5 Å². The normalized spacial score (nSPS) is 21.3. The predicted molar refractivity (Wildman–Crippen MR) is 117 cm³/mol. The second-order valence-corrected chi connectivity index (χ2v) is 8.21. The van der Waals surface area contributed by atoms with Gasteiger partial charge in [0, 0.05) is 24.0 Å². The molecule has 1 spiro atoms. The fourth-order valence-corrected chi connectivity index (χ4v) is 4.68. The summed E-state index contributed by atoms with van der Waals surface area (Å²) < 4.78 is 6.72. The van der Waals surface area contributed by atoms with Crippen LogP contribution < -0.4 is 15.4 Å². The summed E-state index contributed by atoms with van der Waals surface area (Å²) in [6, 6.07) is 22.9. The quantitative estimate of drug-likeness (QED) is 0.579. The zero-order valence-electron chi connectivity index (χ0n) is 16.4. The summed E-state index contributed by atoms with van der Waals surface area (Å²) in [6.07, 6.45) is 4.40. The lowest BCUT2D eigenvalue weighted by Crippen LogP contribution is -2.58. The molecular formula is C25H24N2O. The molecule has 0 saturated carbocycles. The number of hydrogen-bond donors (Lipinski definition) is 1. The Morgan fingerprint density at radius 3 is 2.46 bits per heavy atom. The number of fused-ring (bicyclic) bond motifs is 2. The van der Waals surface area contributed by atoms with Crippen molar-refractivity contribution in [1.29, 1.82) is 0 Å². The molecule has 28 heavy (non-hydrogen) atoms. The van der Waals surface area contributed by atoms with Crippen molar-refractivity contribution in [3.05, 3.63) is 83.9 Å². The van der Waals surface area contributed by atoms with E-state index in [1.807, 2.05) is 18.2 Å². The van der Waals surface area contributed by atoms with Crippen LogP contribution in [0.25, 0.3) is 17.2 Å². The Morgan fingerprint density at radius 2 is 1.68 bits per heavy atom. The van der Waals surface area contributed by atoms with Crippen molar-refractivity contribution in [1.82, 2.24) is 0 Å². The molecule has 5 rings (SSSR count). The van der Waals surface area contributed by atoms with Crippen LogP contribution in [0.15, 0.2) is 72.8 Å². The molecule has 0 amide bonds. The van der Waals surface area contributed by atoms with Crippen molar-refractivity contribution in [3.63, 3.8) is 0 Å². The molecule has 2 aliphatic rings. The van der Waals surface area contributed by atoms with Crippen LogP contribution in [0.5, 0.6) is 5.75 Å². The molecule has 3 nitrogen and oxygen atoms in total. The Kier molecular flexibility index (Phi) is 3.42. The van der Waals surface area contributed by atoms with E-state index < -0.39 is 5.72 Å². The first kappa shape index (κ1) is 16.9. The van der Waals surface area contributed by atoms with Gasteiger partial charge in [-0.2, -0.15) is 0 Å². The van der Waals surface area contributed by atoms with E-state index in [2.05, 4.69) is 86.5 Å². The molecule has 0 aliphatic carbocycles. The summed E-state index contributed by atoms with van der Waals surface area (Å²) >= 11 is 0. The van der Waals surface area contributed by atoms with Gasteiger partial charge >= 0.3 is 0 Å². The fourth-order valence-electron chi connectivity index (χ4n) is 4.68. The number of para-hydroxylation sites is 1. The van der Waals surface area contributed by atoms with Crippen LogP contribution in [0.2, 0.25) is 0 Å². The van der Waals surface area contributed by atoms with Gasteiger partial charge in [-0.05, 0) is 73.0 Å². The van der Waals surface area contributed by atoms with E-state index >= 15 is 0 Å². The molecular weight excluding hydrogens is 344 g/mol. The van der Waals surface area contributed by atoms with Gasteiger partial charge in [-0.15, -0.1) is 0 Å². The van der Waals surface area contributed by atoms with Crippen LogP contribution in [-0.4, -0.2) is 12.8 Å². The number of anilines is 2. The molecule has 0 radical (unpaired) electrons. The lowest BCUT2D eigenvalue weighted by molar-refractivity contribution is 0.0582. The Labute approximate surface area is 166 Å². The van der Waals surface area contributed by atoms with Gasteiger partial charge in [0.25, 0.3) is 0 Å². The molecule has 2 aliphatic heterocycles. The molecule has 3 aromatic carbocycles. The van der Waals surface area contributed by atoms with Crippen LogP contribution in [0, 0.1) is 0 Å². The van der Waals surface area contributed by atoms with Crippen LogP contribution >= 0.6 is 0 Å². The molecule has 0 saturated heterocycles. The van der Waals surface area contributed by atoms with Crippen molar-refractivity contribution in [2.45, 2.75) is 25.0 Å². The highest BCUT2D eigenvalue weighted by atomic mass is 16.5. The van der Waals surface area contributed by atoms with Crippen molar-refractivity contribution < 1.29 is 4.74 Å². The monoisotopic (exact) mass is 368 g/mol. The number of benzene rings is 3. The zero-order chi connectivity index (χ0) is 19.5. The lowest BCUT2D eigenvalue weighted by atomic mass is 9.76. The summed E-state index contributed by atoms with van der Waals surface area (Å²) in [7, 11) is 2.12. The number of rotatable bonds is 1. The first-order chi connectivity index (χ1) is 13.4. The second-order valence-electron chi connectivity index (χ2n) is 8.21. The second kappa shape index (κ2) is 5.65. The average Bonchev–Trinajstić information content (AvgIpc) is 2.86. The average molecular weight is 368 g/mol. The molecule has 0 aromatic heterocycles. The molecule has 0 fully saturated rings. The Bertz CT molecular complexity index is 1120. The van der Waals surface area contributed by atoms with Crippen molar-refractivity contribution in [2.24, 2.45) is 0 Å². The molecule has 0 bridgehead atoms. The maximum absolute atomic E-state index is 6.72. The third-order valence-electron chi connectivity index (χ3n) is 6.32. The summed E-state index contributed by atoms with van der Waals surface area (Å²) in [5.41, 5.74) is 11.9. The van der Waals surface area contributed by atoms with Crippen LogP contribution in [0.4, 0.5) is 11.4 Å². The van der Waals surface area contributed by atoms with E-state index in [1.54, 1.807) is 0 Å². The van der Waals surface area contributed by atoms with Crippen LogP contribution in [0.3, 0.4) is 0 Å². The van der Waals surface area contributed by atoms with Crippen molar-refractivity contribution >= 4 is 17.5 Å². The maximum atomic E-state index is 6.72. The first-order valence-corrected chi connectivity index (χ1v) is 9.64. The van der Waals surface area contributed by atoms with Gasteiger partial charge in [0.1, 0.15) is 5.75 Å². The predicted octanol–water partition coefficient (Wildman–Crippen LogP) is 5.47. The fraction of sp³-hybridized carbons (Fsp3) is 0.200. The highest BCUT2D eigenvalue weighted by molar-refractivity contribution is 5.76. The van der Waals surface area contributed by atoms with E-state index in [4.69, 9.17) is 10.5 Å². The standard InChI is InChI=1S/C25H24N2O/c1-24(2)21-9-4-5-10-22(21)27(3)25(24)14-13-19-15-18(11-12-23(19)28-25)17-7-6-8-20(26)16-17/h4-16H,26H2,1-3H3. The van der Waals surface area contributed by atoms with Gasteiger partial charge in [0.2, 0.25) is 5.72 Å². The molecule has 140 valence electrons. The zero-order valence-corrected chi connectivity index (χ0v) is 16.4. The van der Waals surface area contributed by atoms with Crippen LogP contribution in [-0.2, 0) is 5.41 Å². The third kappa shape index (κ3) is 2.16. The molecule has 3 aromatic rings. The minimum atomic E-state index is -0.539. The minimum Gasteiger partial charge on any atom is -0.463 e. The largest absolute Gasteiger partial charge is 0.463 e. The molecule has 2 heterocycles. The number of likely N-dealkylation sites (N-methyl/N-ethyl adjacent to an activating group) is 1. The molecule has 1 unspecified atom stereocenters. The van der Waals surface area contributed by atoms with Crippen LogP contribution in [0.1, 0.15) is 25.0 Å². The van der Waals surface area contributed by atoms with Gasteiger partial charge in [0.05, 0.1) is 5.41 Å².